The number of carbonyl (C=O) groups is 1. The van der Waals surface area contributed by atoms with E-state index >= 15 is 0 Å². The van der Waals surface area contributed by atoms with Crippen molar-refractivity contribution < 1.29 is 19.0 Å². The summed E-state index contributed by atoms with van der Waals surface area (Å²) in [5.74, 6) is 1.06. The molecule has 1 saturated heterocycles. The van der Waals surface area contributed by atoms with Crippen molar-refractivity contribution >= 4 is 28.6 Å². The van der Waals surface area contributed by atoms with Gasteiger partial charge in [-0.15, -0.1) is 0 Å². The third-order valence-corrected chi connectivity index (χ3v) is 6.36. The van der Waals surface area contributed by atoms with Gasteiger partial charge < -0.3 is 19.1 Å². The Labute approximate surface area is 190 Å². The zero-order chi connectivity index (χ0) is 22.7. The fraction of sp³-hybridized carbons (Fsp3) is 0.348. The molecule has 0 spiro atoms. The first-order chi connectivity index (χ1) is 15.5. The monoisotopic (exact) mass is 455 g/mol. The van der Waals surface area contributed by atoms with Gasteiger partial charge in [0.15, 0.2) is 16.7 Å². The third kappa shape index (κ3) is 4.31. The van der Waals surface area contributed by atoms with E-state index in [0.717, 1.165) is 0 Å². The summed E-state index contributed by atoms with van der Waals surface area (Å²) in [5.41, 5.74) is 0.957. The van der Waals surface area contributed by atoms with Crippen molar-refractivity contribution in [3.05, 3.63) is 52.8 Å². The molecule has 9 heteroatoms. The largest absolute Gasteiger partial charge is 0.493 e. The van der Waals surface area contributed by atoms with Crippen molar-refractivity contribution in [1.82, 2.24) is 14.5 Å². The Morgan fingerprint density at radius 2 is 1.81 bits per heavy atom. The van der Waals surface area contributed by atoms with Crippen LogP contribution in [0.1, 0.15) is 6.92 Å². The van der Waals surface area contributed by atoms with Gasteiger partial charge in [0.1, 0.15) is 0 Å². The Kier molecular flexibility index (Phi) is 6.66. The van der Waals surface area contributed by atoms with Crippen LogP contribution in [0, 0.1) is 0 Å². The molecule has 1 atom stereocenters. The maximum atomic E-state index is 13.5. The highest BCUT2D eigenvalue weighted by Crippen LogP contribution is 2.31. The van der Waals surface area contributed by atoms with Gasteiger partial charge in [-0.3, -0.25) is 14.2 Å². The van der Waals surface area contributed by atoms with Crippen LogP contribution in [0.2, 0.25) is 0 Å². The maximum Gasteiger partial charge on any atom is 0.266 e. The summed E-state index contributed by atoms with van der Waals surface area (Å²) >= 11 is 1.27. The van der Waals surface area contributed by atoms with Crippen molar-refractivity contribution in [3.63, 3.8) is 0 Å². The van der Waals surface area contributed by atoms with E-state index in [1.54, 1.807) is 49.5 Å². The second kappa shape index (κ2) is 9.62. The van der Waals surface area contributed by atoms with E-state index < -0.39 is 5.25 Å². The molecule has 2 aromatic carbocycles. The predicted molar refractivity (Wildman–Crippen MR) is 123 cm³/mol. The number of fused-ring (bicyclic) bond motifs is 1. The molecule has 1 aliphatic rings. The number of ether oxygens (including phenoxy) is 3. The van der Waals surface area contributed by atoms with Gasteiger partial charge in [-0.1, -0.05) is 23.9 Å². The van der Waals surface area contributed by atoms with Crippen molar-refractivity contribution in [2.45, 2.75) is 17.3 Å². The molecule has 2 heterocycles. The number of nitrogens with zero attached hydrogens (tertiary/aromatic N) is 3. The number of rotatable bonds is 6. The zero-order valence-corrected chi connectivity index (χ0v) is 19.1. The topological polar surface area (TPSA) is 82.9 Å². The molecule has 0 radical (unpaired) electrons. The molecule has 168 valence electrons. The van der Waals surface area contributed by atoms with E-state index in [9.17, 15) is 9.59 Å². The molecule has 0 aliphatic carbocycles. The number of hydrogen-bond donors (Lipinski definition) is 0. The number of para-hydroxylation sites is 1. The third-order valence-electron chi connectivity index (χ3n) is 5.32. The van der Waals surface area contributed by atoms with Gasteiger partial charge in [0.25, 0.3) is 5.56 Å². The van der Waals surface area contributed by atoms with Crippen molar-refractivity contribution in [1.29, 1.82) is 0 Å². The van der Waals surface area contributed by atoms with Crippen LogP contribution in [-0.2, 0) is 9.53 Å². The standard InChI is InChI=1S/C23H25N3O5S/c1-15(21(27)25-10-12-31-13-11-25)32-23-24-18-7-5-4-6-17(18)22(28)26(23)16-8-9-19(29-2)20(14-16)30-3/h4-9,14-15H,10-13H2,1-3H3. The van der Waals surface area contributed by atoms with Gasteiger partial charge in [0.05, 0.1) is 49.3 Å². The molecule has 0 N–H and O–H groups in total. The average molecular weight is 456 g/mol. The van der Waals surface area contributed by atoms with E-state index in [2.05, 4.69) is 0 Å². The van der Waals surface area contributed by atoms with Gasteiger partial charge >= 0.3 is 0 Å². The summed E-state index contributed by atoms with van der Waals surface area (Å²) in [6.07, 6.45) is 0. The lowest BCUT2D eigenvalue weighted by atomic mass is 10.2. The lowest BCUT2D eigenvalue weighted by molar-refractivity contribution is -0.134. The number of hydrogen-bond acceptors (Lipinski definition) is 7. The molecule has 1 aromatic heterocycles. The number of methoxy groups -OCH3 is 2. The molecule has 8 nitrogen and oxygen atoms in total. The van der Waals surface area contributed by atoms with Crippen LogP contribution in [0.3, 0.4) is 0 Å². The quantitative estimate of drug-likeness (QED) is 0.417. The van der Waals surface area contributed by atoms with Crippen LogP contribution in [0.25, 0.3) is 16.6 Å². The van der Waals surface area contributed by atoms with E-state index in [4.69, 9.17) is 19.2 Å². The first-order valence-corrected chi connectivity index (χ1v) is 11.2. The highest BCUT2D eigenvalue weighted by Gasteiger charge is 2.26. The summed E-state index contributed by atoms with van der Waals surface area (Å²) < 4.78 is 17.6. The normalized spacial score (nSPS) is 14.9. The molecule has 1 aliphatic heterocycles. The van der Waals surface area contributed by atoms with Gasteiger partial charge in [0.2, 0.25) is 5.91 Å². The Balaban J connectivity index is 1.79. The lowest BCUT2D eigenvalue weighted by Gasteiger charge is -2.29. The van der Waals surface area contributed by atoms with E-state index in [0.29, 0.717) is 59.5 Å². The van der Waals surface area contributed by atoms with Crippen LogP contribution in [0.15, 0.2) is 52.4 Å². The summed E-state index contributed by atoms with van der Waals surface area (Å²) in [4.78, 5) is 33.0. The summed E-state index contributed by atoms with van der Waals surface area (Å²) in [5, 5.41) is 0.515. The van der Waals surface area contributed by atoms with E-state index in [1.807, 2.05) is 19.1 Å². The van der Waals surface area contributed by atoms with Crippen LogP contribution in [0.4, 0.5) is 0 Å². The second-order valence-electron chi connectivity index (χ2n) is 7.29. The molecule has 3 aromatic rings. The zero-order valence-electron chi connectivity index (χ0n) is 18.2. The number of amides is 1. The molecular formula is C23H25N3O5S. The fourth-order valence-corrected chi connectivity index (χ4v) is 4.64. The SMILES string of the molecule is COc1ccc(-n2c(SC(C)C(=O)N3CCOCC3)nc3ccccc3c2=O)cc1OC. The number of morpholine rings is 1. The van der Waals surface area contributed by atoms with Crippen molar-refractivity contribution in [3.8, 4) is 17.2 Å². The Morgan fingerprint density at radius 1 is 1.09 bits per heavy atom. The van der Waals surface area contributed by atoms with Crippen LogP contribution >= 0.6 is 11.8 Å². The Hall–Kier alpha value is -3.04. The fourth-order valence-electron chi connectivity index (χ4n) is 3.63. The minimum absolute atomic E-state index is 0.000399. The molecule has 0 saturated carbocycles. The Morgan fingerprint density at radius 3 is 2.53 bits per heavy atom. The van der Waals surface area contributed by atoms with Crippen molar-refractivity contribution in [2.24, 2.45) is 0 Å². The molecule has 1 amide bonds. The predicted octanol–water partition coefficient (Wildman–Crippen LogP) is 2.74. The molecule has 0 bridgehead atoms. The van der Waals surface area contributed by atoms with Gasteiger partial charge in [-0.05, 0) is 31.2 Å². The number of benzene rings is 2. The number of aromatic nitrogens is 2. The highest BCUT2D eigenvalue weighted by atomic mass is 32.2. The van der Waals surface area contributed by atoms with Crippen LogP contribution in [-0.4, -0.2) is 66.1 Å². The number of carbonyl (C=O) groups excluding carboxylic acids is 1. The van der Waals surface area contributed by atoms with Crippen LogP contribution < -0.4 is 15.0 Å². The van der Waals surface area contributed by atoms with Gasteiger partial charge in [0, 0.05) is 19.2 Å². The van der Waals surface area contributed by atoms with Crippen LogP contribution in [0.5, 0.6) is 11.5 Å². The summed E-state index contributed by atoms with van der Waals surface area (Å²) in [7, 11) is 3.10. The smallest absolute Gasteiger partial charge is 0.266 e. The molecule has 4 rings (SSSR count). The maximum absolute atomic E-state index is 13.5. The lowest BCUT2D eigenvalue weighted by Crippen LogP contribution is -2.44. The molecular weight excluding hydrogens is 430 g/mol. The molecule has 32 heavy (non-hydrogen) atoms. The summed E-state index contributed by atoms with van der Waals surface area (Å²) in [6.45, 7) is 4.04. The highest BCUT2D eigenvalue weighted by molar-refractivity contribution is 8.00. The summed E-state index contributed by atoms with van der Waals surface area (Å²) in [6, 6.07) is 12.4. The minimum Gasteiger partial charge on any atom is -0.493 e. The molecule has 1 unspecified atom stereocenters. The van der Waals surface area contributed by atoms with E-state index in [-0.39, 0.29) is 11.5 Å². The average Bonchev–Trinajstić information content (AvgIpc) is 2.84. The molecule has 1 fully saturated rings. The Bertz CT molecular complexity index is 1190. The minimum atomic E-state index is -0.424. The second-order valence-corrected chi connectivity index (χ2v) is 8.60. The number of thioether (sulfide) groups is 1. The van der Waals surface area contributed by atoms with Gasteiger partial charge in [-0.2, -0.15) is 0 Å². The van der Waals surface area contributed by atoms with Gasteiger partial charge in [-0.25, -0.2) is 4.98 Å². The first-order valence-electron chi connectivity index (χ1n) is 10.3. The van der Waals surface area contributed by atoms with E-state index in [1.165, 1.54) is 16.3 Å². The van der Waals surface area contributed by atoms with Crippen molar-refractivity contribution in [2.75, 3.05) is 40.5 Å². The first kappa shape index (κ1) is 22.2.